The van der Waals surface area contributed by atoms with E-state index in [0.29, 0.717) is 19.0 Å². The number of halogens is 2. The molecular weight excluding hydrogens is 362 g/mol. The van der Waals surface area contributed by atoms with Crippen LogP contribution in [0.2, 0.25) is 0 Å². The molecule has 28 heavy (non-hydrogen) atoms. The van der Waals surface area contributed by atoms with E-state index in [9.17, 15) is 13.6 Å². The van der Waals surface area contributed by atoms with Crippen molar-refractivity contribution in [3.63, 3.8) is 0 Å². The average molecular weight is 392 g/mol. The fraction of sp³-hybridized carbons (Fsp3) is 0.682. The second kappa shape index (κ2) is 8.46. The summed E-state index contributed by atoms with van der Waals surface area (Å²) in [5, 5.41) is 0. The maximum absolute atomic E-state index is 13.9. The third-order valence-corrected chi connectivity index (χ3v) is 6.78. The maximum Gasteiger partial charge on any atom is 0.256 e. The van der Waals surface area contributed by atoms with Gasteiger partial charge in [-0.3, -0.25) is 4.79 Å². The highest BCUT2D eigenvalue weighted by Crippen LogP contribution is 2.35. The molecule has 0 bridgehead atoms. The van der Waals surface area contributed by atoms with Crippen molar-refractivity contribution >= 4 is 5.91 Å². The van der Waals surface area contributed by atoms with Gasteiger partial charge in [-0.05, 0) is 69.1 Å². The summed E-state index contributed by atoms with van der Waals surface area (Å²) in [6.45, 7) is 5.38. The van der Waals surface area contributed by atoms with Gasteiger partial charge in [-0.1, -0.05) is 0 Å². The van der Waals surface area contributed by atoms with Crippen LogP contribution >= 0.6 is 0 Å². The predicted molar refractivity (Wildman–Crippen MR) is 103 cm³/mol. The third kappa shape index (κ3) is 4.38. The molecule has 1 spiro atoms. The number of ether oxygens (including phenoxy) is 1. The largest absolute Gasteiger partial charge is 0.375 e. The van der Waals surface area contributed by atoms with Gasteiger partial charge in [0.25, 0.3) is 5.91 Å². The number of carbonyl (C=O) groups is 1. The van der Waals surface area contributed by atoms with Gasteiger partial charge < -0.3 is 14.5 Å². The molecule has 4 rings (SSSR count). The highest BCUT2D eigenvalue weighted by Gasteiger charge is 2.37. The molecule has 0 aromatic heterocycles. The number of hydrogen-bond acceptors (Lipinski definition) is 3. The fourth-order valence-electron chi connectivity index (χ4n) is 4.96. The van der Waals surface area contributed by atoms with Crippen LogP contribution in [0.15, 0.2) is 18.2 Å². The molecule has 1 aromatic rings. The molecule has 6 heteroatoms. The molecule has 154 valence electrons. The van der Waals surface area contributed by atoms with E-state index < -0.39 is 17.5 Å². The predicted octanol–water partition coefficient (Wildman–Crippen LogP) is 3.85. The van der Waals surface area contributed by atoms with Gasteiger partial charge in [-0.25, -0.2) is 8.78 Å². The monoisotopic (exact) mass is 392 g/mol. The average Bonchev–Trinajstić information content (AvgIpc) is 2.72. The Morgan fingerprint density at radius 1 is 1.07 bits per heavy atom. The summed E-state index contributed by atoms with van der Waals surface area (Å²) < 4.78 is 33.4. The van der Waals surface area contributed by atoms with Gasteiger partial charge in [0.2, 0.25) is 0 Å². The Balaban J connectivity index is 1.24. The zero-order valence-corrected chi connectivity index (χ0v) is 16.5. The first kappa shape index (κ1) is 19.8. The SMILES string of the molecule is O=C(c1cc(F)ccc1F)N1CCC(CN2CCC3(CCCCO3)CC2)CC1. The van der Waals surface area contributed by atoms with Gasteiger partial charge in [0.1, 0.15) is 11.6 Å². The molecule has 0 aliphatic carbocycles. The lowest BCUT2D eigenvalue weighted by Gasteiger charge is -2.45. The van der Waals surface area contributed by atoms with Crippen LogP contribution in [0.3, 0.4) is 0 Å². The zero-order chi connectivity index (χ0) is 19.6. The molecule has 0 unspecified atom stereocenters. The van der Waals surface area contributed by atoms with Crippen molar-refractivity contribution in [2.75, 3.05) is 39.3 Å². The third-order valence-electron chi connectivity index (χ3n) is 6.78. The number of likely N-dealkylation sites (tertiary alicyclic amines) is 2. The quantitative estimate of drug-likeness (QED) is 0.783. The topological polar surface area (TPSA) is 32.8 Å². The number of hydrogen-bond donors (Lipinski definition) is 0. The summed E-state index contributed by atoms with van der Waals surface area (Å²) >= 11 is 0. The summed E-state index contributed by atoms with van der Waals surface area (Å²) in [5.41, 5.74) is -0.0215. The van der Waals surface area contributed by atoms with Crippen molar-refractivity contribution in [2.45, 2.75) is 50.5 Å². The standard InChI is InChI=1S/C22H30F2N2O2/c23-18-3-4-20(24)19(15-18)21(27)26-10-5-17(6-11-26)16-25-12-8-22(9-13-25)7-1-2-14-28-22/h3-4,15,17H,1-2,5-14,16H2. The van der Waals surface area contributed by atoms with Crippen LogP contribution in [-0.2, 0) is 4.74 Å². The highest BCUT2D eigenvalue weighted by atomic mass is 19.1. The summed E-state index contributed by atoms with van der Waals surface area (Å²) in [5.74, 6) is -1.07. The van der Waals surface area contributed by atoms with E-state index in [1.165, 1.54) is 19.3 Å². The lowest BCUT2D eigenvalue weighted by Crippen LogP contribution is -2.49. The Labute approximate surface area is 165 Å². The Morgan fingerprint density at radius 3 is 2.50 bits per heavy atom. The van der Waals surface area contributed by atoms with E-state index in [2.05, 4.69) is 4.90 Å². The van der Waals surface area contributed by atoms with E-state index >= 15 is 0 Å². The van der Waals surface area contributed by atoms with Crippen LogP contribution in [-0.4, -0.2) is 60.6 Å². The molecule has 0 saturated carbocycles. The first-order valence-corrected chi connectivity index (χ1v) is 10.7. The second-order valence-corrected chi connectivity index (χ2v) is 8.65. The Bertz CT molecular complexity index is 688. The Kier molecular flexibility index (Phi) is 5.97. The molecule has 3 aliphatic heterocycles. The van der Waals surface area contributed by atoms with E-state index in [1.807, 2.05) is 0 Å². The van der Waals surface area contributed by atoms with E-state index in [4.69, 9.17) is 4.74 Å². The number of carbonyl (C=O) groups excluding carboxylic acids is 1. The van der Waals surface area contributed by atoms with Crippen LogP contribution in [0.4, 0.5) is 8.78 Å². The molecule has 3 aliphatic rings. The minimum Gasteiger partial charge on any atom is -0.375 e. The molecule has 0 radical (unpaired) electrons. The van der Waals surface area contributed by atoms with Gasteiger partial charge in [0.05, 0.1) is 11.2 Å². The van der Waals surface area contributed by atoms with Gasteiger partial charge in [-0.15, -0.1) is 0 Å². The number of benzene rings is 1. The van der Waals surface area contributed by atoms with Gasteiger partial charge in [0.15, 0.2) is 0 Å². The first-order chi connectivity index (χ1) is 13.5. The molecular formula is C22H30F2N2O2. The van der Waals surface area contributed by atoms with E-state index in [0.717, 1.165) is 70.1 Å². The van der Waals surface area contributed by atoms with Crippen LogP contribution in [0.1, 0.15) is 55.3 Å². The molecule has 3 saturated heterocycles. The maximum atomic E-state index is 13.9. The van der Waals surface area contributed by atoms with Crippen molar-refractivity contribution in [1.82, 2.24) is 9.80 Å². The van der Waals surface area contributed by atoms with Gasteiger partial charge in [0, 0.05) is 39.3 Å². The van der Waals surface area contributed by atoms with Crippen molar-refractivity contribution in [1.29, 1.82) is 0 Å². The first-order valence-electron chi connectivity index (χ1n) is 10.7. The number of amides is 1. The minimum absolute atomic E-state index is 0.138. The molecule has 3 heterocycles. The molecule has 4 nitrogen and oxygen atoms in total. The molecule has 3 fully saturated rings. The normalized spacial score (nSPS) is 23.9. The second-order valence-electron chi connectivity index (χ2n) is 8.65. The number of nitrogens with zero attached hydrogens (tertiary/aromatic N) is 2. The molecule has 0 N–H and O–H groups in total. The summed E-state index contributed by atoms with van der Waals surface area (Å²) in [4.78, 5) is 16.7. The van der Waals surface area contributed by atoms with Gasteiger partial charge in [-0.2, -0.15) is 0 Å². The van der Waals surface area contributed by atoms with E-state index in [-0.39, 0.29) is 11.2 Å². The molecule has 0 atom stereocenters. The van der Waals surface area contributed by atoms with Gasteiger partial charge >= 0.3 is 0 Å². The van der Waals surface area contributed by atoms with Crippen LogP contribution in [0.25, 0.3) is 0 Å². The lowest BCUT2D eigenvalue weighted by atomic mass is 9.84. The Hall–Kier alpha value is -1.53. The van der Waals surface area contributed by atoms with E-state index in [1.54, 1.807) is 4.90 Å². The van der Waals surface area contributed by atoms with Crippen molar-refractivity contribution in [2.24, 2.45) is 5.92 Å². The molecule has 1 amide bonds. The van der Waals surface area contributed by atoms with Crippen LogP contribution in [0, 0.1) is 17.6 Å². The lowest BCUT2D eigenvalue weighted by molar-refractivity contribution is -0.112. The van der Waals surface area contributed by atoms with Crippen LogP contribution in [0.5, 0.6) is 0 Å². The summed E-state index contributed by atoms with van der Waals surface area (Å²) in [6, 6.07) is 3.06. The van der Waals surface area contributed by atoms with Crippen LogP contribution < -0.4 is 0 Å². The minimum atomic E-state index is -0.652. The Morgan fingerprint density at radius 2 is 1.82 bits per heavy atom. The smallest absolute Gasteiger partial charge is 0.256 e. The van der Waals surface area contributed by atoms with Crippen molar-refractivity contribution in [3.05, 3.63) is 35.4 Å². The summed E-state index contributed by atoms with van der Waals surface area (Å²) in [6.07, 6.45) is 7.78. The van der Waals surface area contributed by atoms with Crippen molar-refractivity contribution in [3.8, 4) is 0 Å². The van der Waals surface area contributed by atoms with Crippen molar-refractivity contribution < 1.29 is 18.3 Å². The zero-order valence-electron chi connectivity index (χ0n) is 16.5. The molecule has 1 aromatic carbocycles. The highest BCUT2D eigenvalue weighted by molar-refractivity contribution is 5.94. The number of piperidine rings is 2. The summed E-state index contributed by atoms with van der Waals surface area (Å²) in [7, 11) is 0. The number of rotatable bonds is 3. The fourth-order valence-corrected chi connectivity index (χ4v) is 4.96.